The number of nitrogens with zero attached hydrogens (tertiary/aromatic N) is 1. The fourth-order valence-corrected chi connectivity index (χ4v) is 3.05. The molecule has 2 unspecified atom stereocenters. The van der Waals surface area contributed by atoms with Gasteiger partial charge in [-0.3, -0.25) is 4.79 Å². The molecule has 0 aromatic carbocycles. The van der Waals surface area contributed by atoms with E-state index >= 15 is 0 Å². The van der Waals surface area contributed by atoms with Crippen molar-refractivity contribution in [3.8, 4) is 0 Å². The van der Waals surface area contributed by atoms with Gasteiger partial charge in [0.05, 0.1) is 12.1 Å². The van der Waals surface area contributed by atoms with Gasteiger partial charge >= 0.3 is 0 Å². The molecule has 2 atom stereocenters. The molecule has 0 saturated carbocycles. The maximum absolute atomic E-state index is 12.2. The SMILES string of the molecule is CNC(C)C(=O)N1CCCC1c1cccs1. The summed E-state index contributed by atoms with van der Waals surface area (Å²) in [6.07, 6.45) is 2.22. The fourth-order valence-electron chi connectivity index (χ4n) is 2.18. The quantitative estimate of drug-likeness (QED) is 0.873. The van der Waals surface area contributed by atoms with Gasteiger partial charge in [0.25, 0.3) is 0 Å². The summed E-state index contributed by atoms with van der Waals surface area (Å²) in [5.41, 5.74) is 0. The lowest BCUT2D eigenvalue weighted by Crippen LogP contribution is -2.43. The van der Waals surface area contributed by atoms with E-state index in [1.54, 1.807) is 11.3 Å². The first-order valence-corrected chi connectivity index (χ1v) is 6.63. The molecule has 1 aliphatic rings. The third-order valence-corrected chi connectivity index (χ3v) is 4.18. The Balaban J connectivity index is 2.12. The van der Waals surface area contributed by atoms with Gasteiger partial charge in [-0.1, -0.05) is 6.07 Å². The molecule has 0 radical (unpaired) electrons. The van der Waals surface area contributed by atoms with Crippen LogP contribution >= 0.6 is 11.3 Å². The number of rotatable bonds is 3. The summed E-state index contributed by atoms with van der Waals surface area (Å²) in [4.78, 5) is 15.5. The molecule has 16 heavy (non-hydrogen) atoms. The first-order valence-electron chi connectivity index (χ1n) is 5.75. The van der Waals surface area contributed by atoms with Crippen LogP contribution in [0.3, 0.4) is 0 Å². The second kappa shape index (κ2) is 4.97. The van der Waals surface area contributed by atoms with Crippen LogP contribution in [0, 0.1) is 0 Å². The zero-order valence-electron chi connectivity index (χ0n) is 9.77. The number of thiophene rings is 1. The number of nitrogens with one attached hydrogen (secondary N) is 1. The van der Waals surface area contributed by atoms with Gasteiger partial charge in [0.15, 0.2) is 0 Å². The average molecular weight is 238 g/mol. The average Bonchev–Trinajstić information content (AvgIpc) is 2.95. The van der Waals surface area contributed by atoms with Crippen LogP contribution in [0.15, 0.2) is 17.5 Å². The van der Waals surface area contributed by atoms with E-state index in [1.807, 2.05) is 18.9 Å². The minimum atomic E-state index is -0.0828. The summed E-state index contributed by atoms with van der Waals surface area (Å²) in [6, 6.07) is 4.41. The van der Waals surface area contributed by atoms with Crippen molar-refractivity contribution in [2.45, 2.75) is 31.8 Å². The van der Waals surface area contributed by atoms with Gasteiger partial charge in [0.2, 0.25) is 5.91 Å². The molecule has 1 fully saturated rings. The third kappa shape index (κ3) is 2.13. The molecule has 1 aliphatic heterocycles. The van der Waals surface area contributed by atoms with Crippen molar-refractivity contribution in [2.75, 3.05) is 13.6 Å². The van der Waals surface area contributed by atoms with Gasteiger partial charge in [0, 0.05) is 11.4 Å². The number of likely N-dealkylation sites (N-methyl/N-ethyl adjacent to an activating group) is 1. The lowest BCUT2D eigenvalue weighted by molar-refractivity contribution is -0.133. The van der Waals surface area contributed by atoms with E-state index < -0.39 is 0 Å². The number of likely N-dealkylation sites (tertiary alicyclic amines) is 1. The minimum Gasteiger partial charge on any atom is -0.333 e. The Morgan fingerprint density at radius 3 is 3.12 bits per heavy atom. The van der Waals surface area contributed by atoms with E-state index in [-0.39, 0.29) is 11.9 Å². The van der Waals surface area contributed by atoms with Crippen molar-refractivity contribution in [3.63, 3.8) is 0 Å². The molecular weight excluding hydrogens is 220 g/mol. The summed E-state index contributed by atoms with van der Waals surface area (Å²) in [6.45, 7) is 2.82. The highest BCUT2D eigenvalue weighted by Gasteiger charge is 2.32. The molecule has 1 aromatic rings. The summed E-state index contributed by atoms with van der Waals surface area (Å²) < 4.78 is 0. The lowest BCUT2D eigenvalue weighted by atomic mass is 10.1. The molecule has 2 rings (SSSR count). The second-order valence-corrected chi connectivity index (χ2v) is 5.19. The van der Waals surface area contributed by atoms with Crippen molar-refractivity contribution >= 4 is 17.2 Å². The van der Waals surface area contributed by atoms with E-state index in [2.05, 4.69) is 22.8 Å². The van der Waals surface area contributed by atoms with E-state index in [9.17, 15) is 4.79 Å². The fraction of sp³-hybridized carbons (Fsp3) is 0.583. The Labute approximate surface area is 100 Å². The van der Waals surface area contributed by atoms with Crippen molar-refractivity contribution in [3.05, 3.63) is 22.4 Å². The number of amides is 1. The summed E-state index contributed by atoms with van der Waals surface area (Å²) in [7, 11) is 1.83. The van der Waals surface area contributed by atoms with Gasteiger partial charge < -0.3 is 10.2 Å². The van der Waals surface area contributed by atoms with E-state index in [4.69, 9.17) is 0 Å². The highest BCUT2D eigenvalue weighted by Crippen LogP contribution is 2.34. The zero-order valence-corrected chi connectivity index (χ0v) is 10.6. The topological polar surface area (TPSA) is 32.3 Å². The molecule has 1 aromatic heterocycles. The number of hydrogen-bond donors (Lipinski definition) is 1. The molecule has 4 heteroatoms. The van der Waals surface area contributed by atoms with Crippen molar-refractivity contribution in [1.29, 1.82) is 0 Å². The molecule has 3 nitrogen and oxygen atoms in total. The van der Waals surface area contributed by atoms with Gasteiger partial charge in [-0.2, -0.15) is 0 Å². The molecule has 1 N–H and O–H groups in total. The Morgan fingerprint density at radius 2 is 2.50 bits per heavy atom. The standard InChI is InChI=1S/C12H18N2OS/c1-9(13-2)12(15)14-7-3-5-10(14)11-6-4-8-16-11/h4,6,8-10,13H,3,5,7H2,1-2H3. The van der Waals surface area contributed by atoms with Crippen LogP contribution in [0.25, 0.3) is 0 Å². The third-order valence-electron chi connectivity index (χ3n) is 3.21. The highest BCUT2D eigenvalue weighted by atomic mass is 32.1. The summed E-state index contributed by atoms with van der Waals surface area (Å²) >= 11 is 1.75. The monoisotopic (exact) mass is 238 g/mol. The predicted molar refractivity (Wildman–Crippen MR) is 66.5 cm³/mol. The predicted octanol–water partition coefficient (Wildman–Crippen LogP) is 2.02. The van der Waals surface area contributed by atoms with Crippen LogP contribution in [0.2, 0.25) is 0 Å². The Kier molecular flexibility index (Phi) is 3.61. The van der Waals surface area contributed by atoms with Gasteiger partial charge in [-0.25, -0.2) is 0 Å². The number of carbonyl (C=O) groups excluding carboxylic acids is 1. The molecule has 0 spiro atoms. The number of hydrogen-bond acceptors (Lipinski definition) is 3. The summed E-state index contributed by atoms with van der Waals surface area (Å²) in [5, 5.41) is 5.10. The lowest BCUT2D eigenvalue weighted by Gasteiger charge is -2.26. The maximum atomic E-state index is 12.2. The Bertz CT molecular complexity index is 350. The van der Waals surface area contributed by atoms with E-state index in [0.717, 1.165) is 19.4 Å². The largest absolute Gasteiger partial charge is 0.333 e. The maximum Gasteiger partial charge on any atom is 0.239 e. The number of carbonyl (C=O) groups is 1. The van der Waals surface area contributed by atoms with Gasteiger partial charge in [0.1, 0.15) is 0 Å². The van der Waals surface area contributed by atoms with Crippen LogP contribution in [0.4, 0.5) is 0 Å². The smallest absolute Gasteiger partial charge is 0.239 e. The van der Waals surface area contributed by atoms with Crippen LogP contribution in [0.5, 0.6) is 0 Å². The van der Waals surface area contributed by atoms with Gasteiger partial charge in [-0.15, -0.1) is 11.3 Å². The van der Waals surface area contributed by atoms with Crippen LogP contribution in [0.1, 0.15) is 30.7 Å². The highest BCUT2D eigenvalue weighted by molar-refractivity contribution is 7.10. The van der Waals surface area contributed by atoms with Crippen molar-refractivity contribution in [2.24, 2.45) is 0 Å². The molecule has 0 aliphatic carbocycles. The molecule has 88 valence electrons. The van der Waals surface area contributed by atoms with Crippen LogP contribution < -0.4 is 5.32 Å². The molecule has 2 heterocycles. The normalized spacial score (nSPS) is 22.4. The van der Waals surface area contributed by atoms with Crippen molar-refractivity contribution in [1.82, 2.24) is 10.2 Å². The van der Waals surface area contributed by atoms with Crippen molar-refractivity contribution < 1.29 is 4.79 Å². The molecular formula is C12H18N2OS. The molecule has 1 amide bonds. The van der Waals surface area contributed by atoms with E-state index in [1.165, 1.54) is 4.88 Å². The molecule has 0 bridgehead atoms. The molecule has 1 saturated heterocycles. The Hall–Kier alpha value is -0.870. The zero-order chi connectivity index (χ0) is 11.5. The first kappa shape index (κ1) is 11.6. The van der Waals surface area contributed by atoms with Crippen LogP contribution in [-0.2, 0) is 4.79 Å². The Morgan fingerprint density at radius 1 is 1.69 bits per heavy atom. The summed E-state index contributed by atoms with van der Waals surface area (Å²) in [5.74, 6) is 0.221. The van der Waals surface area contributed by atoms with Crippen LogP contribution in [-0.4, -0.2) is 30.4 Å². The van der Waals surface area contributed by atoms with E-state index in [0.29, 0.717) is 6.04 Å². The minimum absolute atomic E-state index is 0.0828. The first-order chi connectivity index (χ1) is 7.74. The van der Waals surface area contributed by atoms with Gasteiger partial charge in [-0.05, 0) is 38.3 Å². The second-order valence-electron chi connectivity index (χ2n) is 4.22.